The van der Waals surface area contributed by atoms with E-state index in [2.05, 4.69) is 5.32 Å². The van der Waals surface area contributed by atoms with Gasteiger partial charge in [-0.15, -0.1) is 0 Å². The Hall–Kier alpha value is -1.74. The van der Waals surface area contributed by atoms with E-state index in [4.69, 9.17) is 11.6 Å². The van der Waals surface area contributed by atoms with Crippen LogP contribution < -0.4 is 5.32 Å². The smallest absolute Gasteiger partial charge is 0.126 e. The molecule has 4 heteroatoms. The van der Waals surface area contributed by atoms with Crippen LogP contribution in [0.5, 0.6) is 5.75 Å². The summed E-state index contributed by atoms with van der Waals surface area (Å²) in [4.78, 5) is 0. The Morgan fingerprint density at radius 2 is 2.00 bits per heavy atom. The van der Waals surface area contributed by atoms with Crippen LogP contribution in [0.1, 0.15) is 24.1 Å². The van der Waals surface area contributed by atoms with Gasteiger partial charge in [0.2, 0.25) is 0 Å². The molecule has 0 amide bonds. The number of anilines is 1. The molecular weight excluding hydrogens is 265 g/mol. The van der Waals surface area contributed by atoms with E-state index in [0.29, 0.717) is 10.6 Å². The topological polar surface area (TPSA) is 32.3 Å². The summed E-state index contributed by atoms with van der Waals surface area (Å²) in [7, 11) is 0. The van der Waals surface area contributed by atoms with Crippen LogP contribution in [0.4, 0.5) is 10.1 Å². The summed E-state index contributed by atoms with van der Waals surface area (Å²) in [5.74, 6) is -0.507. The summed E-state index contributed by atoms with van der Waals surface area (Å²) in [5, 5.41) is 13.7. The highest BCUT2D eigenvalue weighted by molar-refractivity contribution is 6.31. The van der Waals surface area contributed by atoms with Crippen LogP contribution in [0.2, 0.25) is 5.02 Å². The van der Waals surface area contributed by atoms with Gasteiger partial charge < -0.3 is 10.4 Å². The molecule has 2 aromatic rings. The first kappa shape index (κ1) is 13.7. The summed E-state index contributed by atoms with van der Waals surface area (Å²) in [6, 6.07) is 9.45. The summed E-state index contributed by atoms with van der Waals surface area (Å²) in [6.45, 7) is 3.81. The second-order valence-corrected chi connectivity index (χ2v) is 4.89. The van der Waals surface area contributed by atoms with Crippen molar-refractivity contribution >= 4 is 17.3 Å². The van der Waals surface area contributed by atoms with Crippen LogP contribution in [0, 0.1) is 12.7 Å². The maximum atomic E-state index is 13.0. The quantitative estimate of drug-likeness (QED) is 0.856. The molecule has 0 saturated carbocycles. The molecule has 2 N–H and O–H groups in total. The monoisotopic (exact) mass is 279 g/mol. The van der Waals surface area contributed by atoms with Crippen molar-refractivity contribution in [1.82, 2.24) is 0 Å². The first-order chi connectivity index (χ1) is 8.99. The van der Waals surface area contributed by atoms with Gasteiger partial charge in [-0.2, -0.15) is 0 Å². The van der Waals surface area contributed by atoms with Crippen LogP contribution in [-0.4, -0.2) is 5.11 Å². The van der Waals surface area contributed by atoms with E-state index in [1.807, 2.05) is 32.0 Å². The molecule has 100 valence electrons. The summed E-state index contributed by atoms with van der Waals surface area (Å²) in [6.07, 6.45) is 0. The molecule has 0 aliphatic rings. The molecule has 0 fully saturated rings. The molecule has 2 nitrogen and oxygen atoms in total. The number of rotatable bonds is 3. The number of nitrogens with one attached hydrogen (secondary N) is 1. The fraction of sp³-hybridized carbons (Fsp3) is 0.200. The number of hydrogen-bond donors (Lipinski definition) is 2. The molecule has 0 aliphatic carbocycles. The lowest BCUT2D eigenvalue weighted by Gasteiger charge is -2.19. The SMILES string of the molecule is Cc1c(Cl)cccc1NC(C)c1ccc(F)cc1O. The van der Waals surface area contributed by atoms with Crippen molar-refractivity contribution in [3.05, 3.63) is 58.4 Å². The van der Waals surface area contributed by atoms with Crippen molar-refractivity contribution < 1.29 is 9.50 Å². The number of phenols is 1. The molecule has 0 saturated heterocycles. The number of phenolic OH excluding ortho intramolecular Hbond substituents is 1. The Morgan fingerprint density at radius 1 is 1.26 bits per heavy atom. The van der Waals surface area contributed by atoms with Crippen LogP contribution in [-0.2, 0) is 0 Å². The molecule has 19 heavy (non-hydrogen) atoms. The third kappa shape index (κ3) is 2.99. The number of halogens is 2. The zero-order chi connectivity index (χ0) is 14.0. The molecule has 0 heterocycles. The zero-order valence-electron chi connectivity index (χ0n) is 10.7. The van der Waals surface area contributed by atoms with E-state index in [1.54, 1.807) is 6.07 Å². The van der Waals surface area contributed by atoms with Gasteiger partial charge >= 0.3 is 0 Å². The largest absolute Gasteiger partial charge is 0.507 e. The van der Waals surface area contributed by atoms with Crippen LogP contribution >= 0.6 is 11.6 Å². The molecular formula is C15H15ClFNO. The van der Waals surface area contributed by atoms with Crippen molar-refractivity contribution in [2.24, 2.45) is 0 Å². The summed E-state index contributed by atoms with van der Waals surface area (Å²) < 4.78 is 13.0. The summed E-state index contributed by atoms with van der Waals surface area (Å²) in [5.41, 5.74) is 2.47. The molecule has 1 atom stereocenters. The number of hydrogen-bond acceptors (Lipinski definition) is 2. The minimum atomic E-state index is -0.451. The Balaban J connectivity index is 2.25. The highest BCUT2D eigenvalue weighted by Gasteiger charge is 2.12. The van der Waals surface area contributed by atoms with Gasteiger partial charge in [-0.25, -0.2) is 4.39 Å². The average molecular weight is 280 g/mol. The predicted molar refractivity (Wildman–Crippen MR) is 76.3 cm³/mol. The molecule has 0 aromatic heterocycles. The van der Waals surface area contributed by atoms with Gasteiger partial charge in [0, 0.05) is 22.3 Å². The maximum Gasteiger partial charge on any atom is 0.126 e. The van der Waals surface area contributed by atoms with Crippen molar-refractivity contribution in [2.75, 3.05) is 5.32 Å². The standard InChI is InChI=1S/C15H15ClFNO/c1-9-13(16)4-3-5-14(9)18-10(2)12-7-6-11(17)8-15(12)19/h3-8,10,18-19H,1-2H3. The number of aromatic hydroxyl groups is 1. The molecule has 2 rings (SSSR count). The Bertz CT molecular complexity index is 601. The highest BCUT2D eigenvalue weighted by Crippen LogP contribution is 2.30. The van der Waals surface area contributed by atoms with Crippen LogP contribution in [0.15, 0.2) is 36.4 Å². The van der Waals surface area contributed by atoms with E-state index < -0.39 is 5.82 Å². The van der Waals surface area contributed by atoms with E-state index in [-0.39, 0.29) is 11.8 Å². The van der Waals surface area contributed by atoms with Crippen LogP contribution in [0.25, 0.3) is 0 Å². The molecule has 0 radical (unpaired) electrons. The first-order valence-corrected chi connectivity index (χ1v) is 6.37. The second-order valence-electron chi connectivity index (χ2n) is 4.48. The van der Waals surface area contributed by atoms with Crippen LogP contribution in [0.3, 0.4) is 0 Å². The van der Waals surface area contributed by atoms with Gasteiger partial charge in [-0.05, 0) is 37.6 Å². The Labute approximate surface area is 116 Å². The lowest BCUT2D eigenvalue weighted by Crippen LogP contribution is -2.08. The normalized spacial score (nSPS) is 12.2. The second kappa shape index (κ2) is 5.49. The van der Waals surface area contributed by atoms with Gasteiger partial charge in [-0.3, -0.25) is 0 Å². The third-order valence-electron chi connectivity index (χ3n) is 3.10. The minimum absolute atomic E-state index is 0.0559. The Morgan fingerprint density at radius 3 is 2.68 bits per heavy atom. The molecule has 0 aliphatic heterocycles. The molecule has 2 aromatic carbocycles. The van der Waals surface area contributed by atoms with Crippen molar-refractivity contribution in [3.8, 4) is 5.75 Å². The zero-order valence-corrected chi connectivity index (χ0v) is 11.5. The van der Waals surface area contributed by atoms with Crippen molar-refractivity contribution in [1.29, 1.82) is 0 Å². The van der Waals surface area contributed by atoms with Gasteiger partial charge in [0.1, 0.15) is 11.6 Å². The third-order valence-corrected chi connectivity index (χ3v) is 3.51. The van der Waals surface area contributed by atoms with E-state index in [0.717, 1.165) is 17.3 Å². The van der Waals surface area contributed by atoms with Crippen molar-refractivity contribution in [3.63, 3.8) is 0 Å². The Kier molecular flexibility index (Phi) is 3.96. The van der Waals surface area contributed by atoms with Gasteiger partial charge in [-0.1, -0.05) is 23.7 Å². The maximum absolute atomic E-state index is 13.0. The van der Waals surface area contributed by atoms with Gasteiger partial charge in [0.25, 0.3) is 0 Å². The lowest BCUT2D eigenvalue weighted by molar-refractivity contribution is 0.459. The van der Waals surface area contributed by atoms with E-state index in [1.165, 1.54) is 6.07 Å². The fourth-order valence-corrected chi connectivity index (χ4v) is 2.13. The summed E-state index contributed by atoms with van der Waals surface area (Å²) >= 11 is 6.06. The fourth-order valence-electron chi connectivity index (χ4n) is 1.96. The molecule has 1 unspecified atom stereocenters. The highest BCUT2D eigenvalue weighted by atomic mass is 35.5. The predicted octanol–water partition coefficient (Wildman–Crippen LogP) is 4.67. The van der Waals surface area contributed by atoms with Gasteiger partial charge in [0.05, 0.1) is 6.04 Å². The first-order valence-electron chi connectivity index (χ1n) is 5.99. The van der Waals surface area contributed by atoms with Crippen molar-refractivity contribution in [2.45, 2.75) is 19.9 Å². The lowest BCUT2D eigenvalue weighted by atomic mass is 10.1. The molecule has 0 spiro atoms. The number of benzene rings is 2. The minimum Gasteiger partial charge on any atom is -0.507 e. The van der Waals surface area contributed by atoms with E-state index >= 15 is 0 Å². The van der Waals surface area contributed by atoms with Gasteiger partial charge in [0.15, 0.2) is 0 Å². The van der Waals surface area contributed by atoms with E-state index in [9.17, 15) is 9.50 Å². The molecule has 0 bridgehead atoms. The average Bonchev–Trinajstić information content (AvgIpc) is 2.34.